The molecule has 0 bridgehead atoms. The summed E-state index contributed by atoms with van der Waals surface area (Å²) in [7, 11) is 0. The van der Waals surface area contributed by atoms with Crippen LogP contribution in [0.3, 0.4) is 0 Å². The molecule has 2 N–H and O–H groups in total. The Balaban J connectivity index is 4.24. The van der Waals surface area contributed by atoms with E-state index < -0.39 is 0 Å². The SMILES string of the molecule is CCCC[C@H](N)C(=O)N(CC)C(C)CC. The lowest BCUT2D eigenvalue weighted by molar-refractivity contribution is -0.134. The van der Waals surface area contributed by atoms with Crippen LogP contribution in [0.1, 0.15) is 53.4 Å². The summed E-state index contributed by atoms with van der Waals surface area (Å²) in [6, 6.07) is -0.00548. The van der Waals surface area contributed by atoms with Crippen LogP contribution < -0.4 is 5.73 Å². The minimum absolute atomic E-state index is 0.111. The Kier molecular flexibility index (Phi) is 7.39. The van der Waals surface area contributed by atoms with E-state index in [9.17, 15) is 4.79 Å². The van der Waals surface area contributed by atoms with Crippen LogP contribution in [0.4, 0.5) is 0 Å². The Hall–Kier alpha value is -0.570. The predicted octanol–water partition coefficient (Wildman–Crippen LogP) is 2.15. The summed E-state index contributed by atoms with van der Waals surface area (Å²) in [6.45, 7) is 9.06. The predicted molar refractivity (Wildman–Crippen MR) is 64.6 cm³/mol. The fourth-order valence-electron chi connectivity index (χ4n) is 1.67. The molecule has 0 aliphatic heterocycles. The third-order valence-electron chi connectivity index (χ3n) is 2.93. The van der Waals surface area contributed by atoms with Gasteiger partial charge in [-0.15, -0.1) is 0 Å². The van der Waals surface area contributed by atoms with Crippen LogP contribution in [0.15, 0.2) is 0 Å². The van der Waals surface area contributed by atoms with Crippen LogP contribution in [0.2, 0.25) is 0 Å². The van der Waals surface area contributed by atoms with Crippen LogP contribution >= 0.6 is 0 Å². The second-order valence-electron chi connectivity index (χ2n) is 4.13. The fraction of sp³-hybridized carbons (Fsp3) is 0.917. The number of rotatable bonds is 7. The third kappa shape index (κ3) is 4.65. The van der Waals surface area contributed by atoms with Crippen molar-refractivity contribution in [1.82, 2.24) is 4.90 Å². The number of carbonyl (C=O) groups is 1. The normalized spacial score (nSPS) is 14.7. The highest BCUT2D eigenvalue weighted by Crippen LogP contribution is 2.08. The van der Waals surface area contributed by atoms with Gasteiger partial charge in [0, 0.05) is 12.6 Å². The second-order valence-corrected chi connectivity index (χ2v) is 4.13. The maximum atomic E-state index is 12.0. The van der Waals surface area contributed by atoms with Crippen molar-refractivity contribution in [3.8, 4) is 0 Å². The van der Waals surface area contributed by atoms with Gasteiger partial charge in [-0.05, 0) is 26.7 Å². The van der Waals surface area contributed by atoms with E-state index in [1.54, 1.807) is 0 Å². The van der Waals surface area contributed by atoms with Gasteiger partial charge in [-0.25, -0.2) is 0 Å². The zero-order chi connectivity index (χ0) is 11.8. The van der Waals surface area contributed by atoms with Gasteiger partial charge in [0.1, 0.15) is 0 Å². The smallest absolute Gasteiger partial charge is 0.239 e. The van der Waals surface area contributed by atoms with Crippen molar-refractivity contribution in [2.24, 2.45) is 5.73 Å². The quantitative estimate of drug-likeness (QED) is 0.706. The molecule has 0 aromatic rings. The Morgan fingerprint density at radius 2 is 1.93 bits per heavy atom. The summed E-state index contributed by atoms with van der Waals surface area (Å²) in [5.41, 5.74) is 5.88. The summed E-state index contributed by atoms with van der Waals surface area (Å²) in [5, 5.41) is 0. The molecule has 15 heavy (non-hydrogen) atoms. The lowest BCUT2D eigenvalue weighted by atomic mass is 10.1. The van der Waals surface area contributed by atoms with Gasteiger partial charge in [-0.2, -0.15) is 0 Å². The molecule has 0 saturated carbocycles. The van der Waals surface area contributed by atoms with Gasteiger partial charge in [0.15, 0.2) is 0 Å². The molecule has 90 valence electrons. The molecule has 0 spiro atoms. The van der Waals surface area contributed by atoms with E-state index >= 15 is 0 Å². The van der Waals surface area contributed by atoms with E-state index in [2.05, 4.69) is 20.8 Å². The number of likely N-dealkylation sites (N-methyl/N-ethyl adjacent to an activating group) is 1. The molecule has 2 atom stereocenters. The highest BCUT2D eigenvalue weighted by atomic mass is 16.2. The number of nitrogens with two attached hydrogens (primary N) is 1. The average Bonchev–Trinajstić information content (AvgIpc) is 2.26. The Bertz CT molecular complexity index is 182. The maximum Gasteiger partial charge on any atom is 0.239 e. The first kappa shape index (κ1) is 14.4. The van der Waals surface area contributed by atoms with Crippen LogP contribution in [0.25, 0.3) is 0 Å². The van der Waals surface area contributed by atoms with E-state index in [1.807, 2.05) is 11.8 Å². The highest BCUT2D eigenvalue weighted by Gasteiger charge is 2.22. The minimum atomic E-state index is -0.307. The second kappa shape index (κ2) is 7.69. The standard InChI is InChI=1S/C12H26N2O/c1-5-8-9-11(13)12(15)14(7-3)10(4)6-2/h10-11H,5-9,13H2,1-4H3/t10?,11-/m0/s1. The molecule has 3 nitrogen and oxygen atoms in total. The number of carbonyl (C=O) groups excluding carboxylic acids is 1. The number of hydrogen-bond acceptors (Lipinski definition) is 2. The minimum Gasteiger partial charge on any atom is -0.339 e. The van der Waals surface area contributed by atoms with Crippen molar-refractivity contribution in [2.45, 2.75) is 65.5 Å². The molecule has 3 heteroatoms. The number of amides is 1. The first-order valence-corrected chi connectivity index (χ1v) is 6.14. The van der Waals surface area contributed by atoms with Crippen molar-refractivity contribution in [3.63, 3.8) is 0 Å². The van der Waals surface area contributed by atoms with E-state index in [0.717, 1.165) is 32.2 Å². The molecule has 0 fully saturated rings. The molecule has 0 aromatic carbocycles. The molecule has 0 aliphatic carbocycles. The topological polar surface area (TPSA) is 46.3 Å². The van der Waals surface area contributed by atoms with Crippen molar-refractivity contribution in [2.75, 3.05) is 6.54 Å². The molecule has 0 aliphatic rings. The van der Waals surface area contributed by atoms with E-state index in [1.165, 1.54) is 0 Å². The summed E-state index contributed by atoms with van der Waals surface area (Å²) < 4.78 is 0. The van der Waals surface area contributed by atoms with Crippen LogP contribution in [-0.4, -0.2) is 29.4 Å². The lowest BCUT2D eigenvalue weighted by Crippen LogP contribution is -2.47. The summed E-state index contributed by atoms with van der Waals surface area (Å²) in [4.78, 5) is 13.9. The van der Waals surface area contributed by atoms with E-state index in [0.29, 0.717) is 6.04 Å². The van der Waals surface area contributed by atoms with Gasteiger partial charge in [0.05, 0.1) is 6.04 Å². The molecular formula is C12H26N2O. The van der Waals surface area contributed by atoms with Crippen molar-refractivity contribution in [1.29, 1.82) is 0 Å². The van der Waals surface area contributed by atoms with Gasteiger partial charge in [-0.1, -0.05) is 26.7 Å². The number of nitrogens with zero attached hydrogens (tertiary/aromatic N) is 1. The monoisotopic (exact) mass is 214 g/mol. The van der Waals surface area contributed by atoms with Crippen molar-refractivity contribution < 1.29 is 4.79 Å². The van der Waals surface area contributed by atoms with E-state index in [4.69, 9.17) is 5.73 Å². The third-order valence-corrected chi connectivity index (χ3v) is 2.93. The fourth-order valence-corrected chi connectivity index (χ4v) is 1.67. The first-order valence-electron chi connectivity index (χ1n) is 6.14. The molecular weight excluding hydrogens is 188 g/mol. The van der Waals surface area contributed by atoms with Gasteiger partial charge in [0.2, 0.25) is 5.91 Å². The first-order chi connectivity index (χ1) is 7.08. The van der Waals surface area contributed by atoms with Gasteiger partial charge < -0.3 is 10.6 Å². The largest absolute Gasteiger partial charge is 0.339 e. The molecule has 0 rings (SSSR count). The summed E-state index contributed by atoms with van der Waals surface area (Å²) in [5.74, 6) is 0.111. The molecule has 0 aromatic heterocycles. The highest BCUT2D eigenvalue weighted by molar-refractivity contribution is 5.81. The number of unbranched alkanes of at least 4 members (excludes halogenated alkanes) is 1. The van der Waals surface area contributed by atoms with Gasteiger partial charge in [-0.3, -0.25) is 4.79 Å². The molecule has 0 heterocycles. The summed E-state index contributed by atoms with van der Waals surface area (Å²) >= 11 is 0. The van der Waals surface area contributed by atoms with Crippen LogP contribution in [-0.2, 0) is 4.79 Å². The molecule has 1 unspecified atom stereocenters. The molecule has 0 saturated heterocycles. The maximum absolute atomic E-state index is 12.0. The number of hydrogen-bond donors (Lipinski definition) is 1. The van der Waals surface area contributed by atoms with Crippen molar-refractivity contribution >= 4 is 5.91 Å². The molecule has 1 amide bonds. The Morgan fingerprint density at radius 3 is 2.33 bits per heavy atom. The Morgan fingerprint density at radius 1 is 1.33 bits per heavy atom. The van der Waals surface area contributed by atoms with Gasteiger partial charge in [0.25, 0.3) is 0 Å². The lowest BCUT2D eigenvalue weighted by Gasteiger charge is -2.29. The van der Waals surface area contributed by atoms with E-state index in [-0.39, 0.29) is 11.9 Å². The average molecular weight is 214 g/mol. The zero-order valence-electron chi connectivity index (χ0n) is 10.6. The van der Waals surface area contributed by atoms with Crippen molar-refractivity contribution in [3.05, 3.63) is 0 Å². The van der Waals surface area contributed by atoms with Gasteiger partial charge >= 0.3 is 0 Å². The van der Waals surface area contributed by atoms with Crippen LogP contribution in [0.5, 0.6) is 0 Å². The van der Waals surface area contributed by atoms with Crippen LogP contribution in [0, 0.1) is 0 Å². The zero-order valence-corrected chi connectivity index (χ0v) is 10.6. The Labute approximate surface area is 94.0 Å². The molecule has 0 radical (unpaired) electrons. The summed E-state index contributed by atoms with van der Waals surface area (Å²) in [6.07, 6.45) is 3.92.